The van der Waals surface area contributed by atoms with Gasteiger partial charge in [-0.25, -0.2) is 4.68 Å². The van der Waals surface area contributed by atoms with Crippen LogP contribution in [0.4, 0.5) is 5.82 Å². The SMILES string of the molecule is O=C(Nc1ccnn1C1CNC1)C1CCCNC1. The zero-order valence-electron chi connectivity index (χ0n) is 10.4. The summed E-state index contributed by atoms with van der Waals surface area (Å²) in [5.41, 5.74) is 0. The number of rotatable bonds is 3. The molecule has 0 aromatic carbocycles. The second-order valence-electron chi connectivity index (χ2n) is 5.01. The van der Waals surface area contributed by atoms with Gasteiger partial charge in [-0.15, -0.1) is 0 Å². The van der Waals surface area contributed by atoms with Crippen molar-refractivity contribution in [1.82, 2.24) is 20.4 Å². The van der Waals surface area contributed by atoms with Crippen molar-refractivity contribution in [2.75, 3.05) is 31.5 Å². The molecule has 2 aliphatic heterocycles. The normalized spacial score (nSPS) is 24.6. The van der Waals surface area contributed by atoms with Crippen molar-refractivity contribution in [2.24, 2.45) is 5.92 Å². The first-order valence-electron chi connectivity index (χ1n) is 6.60. The molecular formula is C12H19N5O. The van der Waals surface area contributed by atoms with Crippen molar-refractivity contribution in [3.63, 3.8) is 0 Å². The number of aromatic nitrogens is 2. The molecule has 0 radical (unpaired) electrons. The van der Waals surface area contributed by atoms with Gasteiger partial charge in [0.2, 0.25) is 5.91 Å². The van der Waals surface area contributed by atoms with E-state index in [1.807, 2.05) is 10.7 Å². The fourth-order valence-electron chi connectivity index (χ4n) is 2.45. The Morgan fingerprint density at radius 3 is 2.94 bits per heavy atom. The predicted octanol–water partition coefficient (Wildman–Crippen LogP) is -0.0345. The third-order valence-corrected chi connectivity index (χ3v) is 3.70. The van der Waals surface area contributed by atoms with Gasteiger partial charge in [0.1, 0.15) is 5.82 Å². The zero-order valence-corrected chi connectivity index (χ0v) is 10.4. The second-order valence-corrected chi connectivity index (χ2v) is 5.01. The Labute approximate surface area is 106 Å². The smallest absolute Gasteiger partial charge is 0.229 e. The largest absolute Gasteiger partial charge is 0.316 e. The topological polar surface area (TPSA) is 71.0 Å². The molecule has 6 nitrogen and oxygen atoms in total. The van der Waals surface area contributed by atoms with Crippen LogP contribution in [0.25, 0.3) is 0 Å². The van der Waals surface area contributed by atoms with Gasteiger partial charge in [0.05, 0.1) is 18.2 Å². The van der Waals surface area contributed by atoms with Gasteiger partial charge in [0.15, 0.2) is 0 Å². The van der Waals surface area contributed by atoms with E-state index in [0.29, 0.717) is 6.04 Å². The van der Waals surface area contributed by atoms with Crippen LogP contribution in [0.1, 0.15) is 18.9 Å². The molecule has 0 aliphatic carbocycles. The van der Waals surface area contributed by atoms with Crippen LogP contribution in [0.3, 0.4) is 0 Å². The Hall–Kier alpha value is -1.40. The highest BCUT2D eigenvalue weighted by molar-refractivity contribution is 5.92. The summed E-state index contributed by atoms with van der Waals surface area (Å²) in [6.45, 7) is 3.66. The number of carbonyl (C=O) groups is 1. The van der Waals surface area contributed by atoms with Gasteiger partial charge in [0, 0.05) is 25.7 Å². The number of amides is 1. The van der Waals surface area contributed by atoms with Crippen molar-refractivity contribution in [3.8, 4) is 0 Å². The molecule has 18 heavy (non-hydrogen) atoms. The van der Waals surface area contributed by atoms with Crippen LogP contribution in [0.5, 0.6) is 0 Å². The standard InChI is InChI=1S/C12H19N5O/c18-12(9-2-1-4-13-6-9)16-11-3-5-15-17(11)10-7-14-8-10/h3,5,9-10,13-14H,1-2,4,6-8H2,(H,16,18). The molecule has 1 amide bonds. The maximum atomic E-state index is 12.1. The molecule has 0 bridgehead atoms. The van der Waals surface area contributed by atoms with Gasteiger partial charge in [-0.2, -0.15) is 5.10 Å². The van der Waals surface area contributed by atoms with Crippen molar-refractivity contribution in [2.45, 2.75) is 18.9 Å². The summed E-state index contributed by atoms with van der Waals surface area (Å²) in [4.78, 5) is 12.1. The van der Waals surface area contributed by atoms with E-state index in [4.69, 9.17) is 0 Å². The quantitative estimate of drug-likeness (QED) is 0.703. The van der Waals surface area contributed by atoms with Gasteiger partial charge in [-0.05, 0) is 19.4 Å². The Bertz CT molecular complexity index is 420. The molecule has 2 fully saturated rings. The van der Waals surface area contributed by atoms with Crippen LogP contribution in [0.2, 0.25) is 0 Å². The Kier molecular flexibility index (Phi) is 3.29. The molecule has 1 unspecified atom stereocenters. The average Bonchev–Trinajstić information content (AvgIpc) is 2.76. The van der Waals surface area contributed by atoms with Crippen LogP contribution in [0, 0.1) is 5.92 Å². The second kappa shape index (κ2) is 5.07. The molecule has 6 heteroatoms. The summed E-state index contributed by atoms with van der Waals surface area (Å²) in [5.74, 6) is 1.01. The first kappa shape index (κ1) is 11.7. The van der Waals surface area contributed by atoms with Crippen molar-refractivity contribution >= 4 is 11.7 Å². The van der Waals surface area contributed by atoms with E-state index in [0.717, 1.165) is 44.8 Å². The summed E-state index contributed by atoms with van der Waals surface area (Å²) in [5, 5.41) is 13.8. The molecule has 98 valence electrons. The number of piperidine rings is 1. The highest BCUT2D eigenvalue weighted by atomic mass is 16.2. The van der Waals surface area contributed by atoms with Crippen molar-refractivity contribution in [3.05, 3.63) is 12.3 Å². The van der Waals surface area contributed by atoms with Crippen LogP contribution in [0.15, 0.2) is 12.3 Å². The van der Waals surface area contributed by atoms with Gasteiger partial charge >= 0.3 is 0 Å². The molecule has 3 rings (SSSR count). The molecule has 2 saturated heterocycles. The zero-order chi connectivity index (χ0) is 12.4. The van der Waals surface area contributed by atoms with Crippen LogP contribution < -0.4 is 16.0 Å². The van der Waals surface area contributed by atoms with Crippen LogP contribution >= 0.6 is 0 Å². The summed E-state index contributed by atoms with van der Waals surface area (Å²) in [6, 6.07) is 2.24. The number of carbonyl (C=O) groups excluding carboxylic acids is 1. The minimum atomic E-state index is 0.0848. The number of anilines is 1. The number of nitrogens with one attached hydrogen (secondary N) is 3. The Morgan fingerprint density at radius 2 is 2.28 bits per heavy atom. The third-order valence-electron chi connectivity index (χ3n) is 3.70. The fourth-order valence-corrected chi connectivity index (χ4v) is 2.45. The van der Waals surface area contributed by atoms with E-state index < -0.39 is 0 Å². The predicted molar refractivity (Wildman–Crippen MR) is 68.4 cm³/mol. The minimum absolute atomic E-state index is 0.0848. The number of hydrogen-bond acceptors (Lipinski definition) is 4. The summed E-state index contributed by atoms with van der Waals surface area (Å²) < 4.78 is 1.91. The average molecular weight is 249 g/mol. The molecular weight excluding hydrogens is 230 g/mol. The first-order valence-corrected chi connectivity index (χ1v) is 6.60. The highest BCUT2D eigenvalue weighted by Crippen LogP contribution is 2.19. The van der Waals surface area contributed by atoms with Gasteiger partial charge < -0.3 is 16.0 Å². The van der Waals surface area contributed by atoms with Crippen LogP contribution in [-0.2, 0) is 4.79 Å². The molecule has 3 N–H and O–H groups in total. The fraction of sp³-hybridized carbons (Fsp3) is 0.667. The lowest BCUT2D eigenvalue weighted by Gasteiger charge is -2.29. The lowest BCUT2D eigenvalue weighted by atomic mass is 9.99. The van der Waals surface area contributed by atoms with E-state index in [1.165, 1.54) is 0 Å². The molecule has 0 saturated carbocycles. The van der Waals surface area contributed by atoms with Crippen LogP contribution in [-0.4, -0.2) is 41.9 Å². The molecule has 2 aliphatic rings. The third kappa shape index (κ3) is 2.26. The lowest BCUT2D eigenvalue weighted by molar-refractivity contribution is -0.120. The van der Waals surface area contributed by atoms with E-state index in [9.17, 15) is 4.79 Å². The van der Waals surface area contributed by atoms with E-state index in [-0.39, 0.29) is 11.8 Å². The summed E-state index contributed by atoms with van der Waals surface area (Å²) in [6.07, 6.45) is 3.79. The van der Waals surface area contributed by atoms with Gasteiger partial charge in [-0.1, -0.05) is 0 Å². The summed E-state index contributed by atoms with van der Waals surface area (Å²) in [7, 11) is 0. The Balaban J connectivity index is 1.64. The Morgan fingerprint density at radius 1 is 1.39 bits per heavy atom. The number of hydrogen-bond donors (Lipinski definition) is 3. The molecule has 1 atom stereocenters. The van der Waals surface area contributed by atoms with E-state index >= 15 is 0 Å². The maximum Gasteiger partial charge on any atom is 0.229 e. The lowest BCUT2D eigenvalue weighted by Crippen LogP contribution is -2.44. The van der Waals surface area contributed by atoms with Crippen molar-refractivity contribution in [1.29, 1.82) is 0 Å². The van der Waals surface area contributed by atoms with Crippen molar-refractivity contribution < 1.29 is 4.79 Å². The minimum Gasteiger partial charge on any atom is -0.316 e. The number of nitrogens with zero attached hydrogens (tertiary/aromatic N) is 2. The van der Waals surface area contributed by atoms with Gasteiger partial charge in [0.25, 0.3) is 0 Å². The molecule has 1 aromatic heterocycles. The highest BCUT2D eigenvalue weighted by Gasteiger charge is 2.25. The molecule has 0 spiro atoms. The van der Waals surface area contributed by atoms with Gasteiger partial charge in [-0.3, -0.25) is 4.79 Å². The maximum absolute atomic E-state index is 12.1. The first-order chi connectivity index (χ1) is 8.84. The molecule has 1 aromatic rings. The monoisotopic (exact) mass is 249 g/mol. The van der Waals surface area contributed by atoms with E-state index in [2.05, 4.69) is 21.0 Å². The summed E-state index contributed by atoms with van der Waals surface area (Å²) >= 11 is 0. The molecule has 3 heterocycles. The van der Waals surface area contributed by atoms with E-state index in [1.54, 1.807) is 6.20 Å².